The summed E-state index contributed by atoms with van der Waals surface area (Å²) in [5.74, 6) is 1.69. The third kappa shape index (κ3) is 4.67. The van der Waals surface area contributed by atoms with Crippen molar-refractivity contribution in [2.75, 3.05) is 32.8 Å². The fourth-order valence-electron chi connectivity index (χ4n) is 3.42. The molecule has 2 atom stereocenters. The Kier molecular flexibility index (Phi) is 6.20. The Bertz CT molecular complexity index is 593. The quantitative estimate of drug-likeness (QED) is 0.734. The summed E-state index contributed by atoms with van der Waals surface area (Å²) in [7, 11) is 0. The maximum Gasteiger partial charge on any atom is 0.240 e. The first kappa shape index (κ1) is 18.1. The number of piperazine rings is 1. The summed E-state index contributed by atoms with van der Waals surface area (Å²) >= 11 is 0. The van der Waals surface area contributed by atoms with Gasteiger partial charge in [-0.1, -0.05) is 17.3 Å². The highest BCUT2D eigenvalue weighted by Crippen LogP contribution is 2.21. The Morgan fingerprint density at radius 2 is 2.16 bits per heavy atom. The Morgan fingerprint density at radius 3 is 2.84 bits per heavy atom. The fourth-order valence-corrected chi connectivity index (χ4v) is 3.42. The van der Waals surface area contributed by atoms with E-state index in [1.807, 2.05) is 18.7 Å². The van der Waals surface area contributed by atoms with Crippen molar-refractivity contribution in [1.29, 1.82) is 0 Å². The monoisotopic (exact) mass is 348 g/mol. The fraction of sp³-hybridized carbons (Fsp3) is 0.722. The lowest BCUT2D eigenvalue weighted by Crippen LogP contribution is -2.50. The van der Waals surface area contributed by atoms with E-state index >= 15 is 0 Å². The predicted octanol–water partition coefficient (Wildman–Crippen LogP) is 2.17. The molecule has 7 heteroatoms. The summed E-state index contributed by atoms with van der Waals surface area (Å²) in [5.41, 5.74) is 0. The molecule has 0 N–H and O–H groups in total. The molecule has 0 aromatic carbocycles. The summed E-state index contributed by atoms with van der Waals surface area (Å²) in [4.78, 5) is 21.3. The molecule has 1 aliphatic carbocycles. The number of hydrogen-bond donors (Lipinski definition) is 0. The van der Waals surface area contributed by atoms with Gasteiger partial charge in [-0.3, -0.25) is 9.69 Å². The molecule has 1 saturated heterocycles. The summed E-state index contributed by atoms with van der Waals surface area (Å²) in [5, 5.41) is 4.00. The molecule has 138 valence electrons. The van der Waals surface area contributed by atoms with Crippen LogP contribution in [0.3, 0.4) is 0 Å². The predicted molar refractivity (Wildman–Crippen MR) is 92.7 cm³/mol. The molecular weight excluding hydrogens is 320 g/mol. The second kappa shape index (κ2) is 8.58. The van der Waals surface area contributed by atoms with Crippen molar-refractivity contribution in [3.8, 4) is 0 Å². The number of carbonyl (C=O) groups is 1. The van der Waals surface area contributed by atoms with Gasteiger partial charge in [0, 0.05) is 38.7 Å². The van der Waals surface area contributed by atoms with Crippen molar-refractivity contribution in [3.05, 3.63) is 23.9 Å². The highest BCUT2D eigenvalue weighted by molar-refractivity contribution is 5.79. The Hall–Kier alpha value is -1.73. The second-order valence-corrected chi connectivity index (χ2v) is 6.73. The van der Waals surface area contributed by atoms with Crippen molar-refractivity contribution in [2.45, 2.75) is 45.8 Å². The number of ether oxygens (including phenoxy) is 1. The molecule has 1 aromatic heterocycles. The largest absolute Gasteiger partial charge is 0.371 e. The van der Waals surface area contributed by atoms with Gasteiger partial charge in [-0.2, -0.15) is 4.98 Å². The minimum absolute atomic E-state index is 0.151. The summed E-state index contributed by atoms with van der Waals surface area (Å²) in [6, 6.07) is 0. The van der Waals surface area contributed by atoms with Crippen LogP contribution in [0.2, 0.25) is 0 Å². The molecule has 7 nitrogen and oxygen atoms in total. The first-order chi connectivity index (χ1) is 12.2. The third-order valence-electron chi connectivity index (χ3n) is 4.93. The Balaban J connectivity index is 1.46. The lowest BCUT2D eigenvalue weighted by atomic mass is 9.93. The van der Waals surface area contributed by atoms with Gasteiger partial charge < -0.3 is 14.2 Å². The van der Waals surface area contributed by atoms with Gasteiger partial charge in [0.15, 0.2) is 5.82 Å². The zero-order chi connectivity index (χ0) is 17.6. The molecule has 2 heterocycles. The van der Waals surface area contributed by atoms with Crippen LogP contribution >= 0.6 is 0 Å². The number of rotatable bonds is 6. The average molecular weight is 348 g/mol. The molecule has 2 aliphatic rings. The standard InChI is InChI=1S/C18H28N4O3/c1-3-24-14(2)17-19-16(25-20-17)13-21-9-11-22(12-10-21)18(23)15-7-5-4-6-8-15/h4-5,14-15H,3,6-13H2,1-2H3/t14-,15+/m0/s1. The average Bonchev–Trinajstić information content (AvgIpc) is 3.11. The Labute approximate surface area is 149 Å². The van der Waals surface area contributed by atoms with Crippen molar-refractivity contribution in [2.24, 2.45) is 5.92 Å². The van der Waals surface area contributed by atoms with E-state index in [4.69, 9.17) is 9.26 Å². The van der Waals surface area contributed by atoms with Crippen molar-refractivity contribution in [3.63, 3.8) is 0 Å². The van der Waals surface area contributed by atoms with Crippen LogP contribution in [0.4, 0.5) is 0 Å². The van der Waals surface area contributed by atoms with E-state index in [0.717, 1.165) is 45.4 Å². The molecular formula is C18H28N4O3. The zero-order valence-corrected chi connectivity index (χ0v) is 15.2. The molecule has 1 aromatic rings. The van der Waals surface area contributed by atoms with E-state index in [2.05, 4.69) is 27.2 Å². The molecule has 0 unspecified atom stereocenters. The van der Waals surface area contributed by atoms with Gasteiger partial charge in [0.05, 0.1) is 6.54 Å². The van der Waals surface area contributed by atoms with Crippen LogP contribution in [0.1, 0.15) is 50.9 Å². The van der Waals surface area contributed by atoms with Gasteiger partial charge in [-0.15, -0.1) is 0 Å². The van der Waals surface area contributed by atoms with Crippen LogP contribution in [0.25, 0.3) is 0 Å². The minimum atomic E-state index is -0.151. The van der Waals surface area contributed by atoms with Crippen molar-refractivity contribution >= 4 is 5.91 Å². The topological polar surface area (TPSA) is 71.7 Å². The summed E-state index contributed by atoms with van der Waals surface area (Å²) < 4.78 is 10.8. The molecule has 1 amide bonds. The van der Waals surface area contributed by atoms with Gasteiger partial charge in [0.2, 0.25) is 11.8 Å². The first-order valence-electron chi connectivity index (χ1n) is 9.27. The highest BCUT2D eigenvalue weighted by atomic mass is 16.5. The number of amides is 1. The van der Waals surface area contributed by atoms with Crippen molar-refractivity contribution < 1.29 is 14.1 Å². The second-order valence-electron chi connectivity index (χ2n) is 6.73. The minimum Gasteiger partial charge on any atom is -0.371 e. The molecule has 0 saturated carbocycles. The van der Waals surface area contributed by atoms with Crippen LogP contribution in [-0.2, 0) is 16.1 Å². The molecule has 0 spiro atoms. The highest BCUT2D eigenvalue weighted by Gasteiger charge is 2.28. The number of aromatic nitrogens is 2. The van der Waals surface area contributed by atoms with Gasteiger partial charge in [-0.05, 0) is 33.1 Å². The number of carbonyl (C=O) groups excluding carboxylic acids is 1. The van der Waals surface area contributed by atoms with E-state index in [0.29, 0.717) is 30.8 Å². The number of nitrogens with zero attached hydrogens (tertiary/aromatic N) is 4. The molecule has 0 bridgehead atoms. The lowest BCUT2D eigenvalue weighted by Gasteiger charge is -2.36. The van der Waals surface area contributed by atoms with Gasteiger partial charge in [-0.25, -0.2) is 0 Å². The smallest absolute Gasteiger partial charge is 0.240 e. The molecule has 1 aliphatic heterocycles. The number of hydrogen-bond acceptors (Lipinski definition) is 6. The van der Waals surface area contributed by atoms with E-state index < -0.39 is 0 Å². The molecule has 3 rings (SSSR count). The van der Waals surface area contributed by atoms with Gasteiger partial charge in [0.1, 0.15) is 6.10 Å². The zero-order valence-electron chi connectivity index (χ0n) is 15.2. The van der Waals surface area contributed by atoms with E-state index in [9.17, 15) is 4.79 Å². The maximum absolute atomic E-state index is 12.6. The number of allylic oxidation sites excluding steroid dienone is 2. The van der Waals surface area contributed by atoms with Crippen LogP contribution in [0.5, 0.6) is 0 Å². The van der Waals surface area contributed by atoms with E-state index in [1.165, 1.54) is 0 Å². The van der Waals surface area contributed by atoms with Crippen LogP contribution < -0.4 is 0 Å². The molecule has 1 fully saturated rings. The lowest BCUT2D eigenvalue weighted by molar-refractivity contribution is -0.137. The maximum atomic E-state index is 12.6. The first-order valence-corrected chi connectivity index (χ1v) is 9.27. The normalized spacial score (nSPS) is 23.0. The summed E-state index contributed by atoms with van der Waals surface area (Å²) in [6.45, 7) is 8.34. The van der Waals surface area contributed by atoms with Crippen molar-refractivity contribution in [1.82, 2.24) is 19.9 Å². The van der Waals surface area contributed by atoms with Crippen LogP contribution in [0, 0.1) is 5.92 Å². The molecule has 0 radical (unpaired) electrons. The SMILES string of the molecule is CCO[C@@H](C)c1noc(CN2CCN(C(=O)[C@@H]3CC=CCC3)CC2)n1. The molecule has 25 heavy (non-hydrogen) atoms. The summed E-state index contributed by atoms with van der Waals surface area (Å²) in [6.07, 6.45) is 7.06. The van der Waals surface area contributed by atoms with Gasteiger partial charge >= 0.3 is 0 Å². The third-order valence-corrected chi connectivity index (χ3v) is 4.93. The van der Waals surface area contributed by atoms with Crippen LogP contribution in [-0.4, -0.2) is 58.6 Å². The Morgan fingerprint density at radius 1 is 1.36 bits per heavy atom. The van der Waals surface area contributed by atoms with E-state index in [1.54, 1.807) is 0 Å². The van der Waals surface area contributed by atoms with Gasteiger partial charge in [0.25, 0.3) is 0 Å². The van der Waals surface area contributed by atoms with Crippen LogP contribution in [0.15, 0.2) is 16.7 Å². The van der Waals surface area contributed by atoms with E-state index in [-0.39, 0.29) is 12.0 Å².